The van der Waals surface area contributed by atoms with Gasteiger partial charge in [0.1, 0.15) is 11.6 Å². The first-order chi connectivity index (χ1) is 9.56. The van der Waals surface area contributed by atoms with E-state index in [1.54, 1.807) is 24.5 Å². The van der Waals surface area contributed by atoms with E-state index in [0.29, 0.717) is 11.4 Å². The van der Waals surface area contributed by atoms with Gasteiger partial charge in [0.2, 0.25) is 5.91 Å². The zero-order valence-corrected chi connectivity index (χ0v) is 12.3. The molecular formula is C14H13BrFN3O. The van der Waals surface area contributed by atoms with Crippen molar-refractivity contribution in [2.45, 2.75) is 13.0 Å². The highest BCUT2D eigenvalue weighted by molar-refractivity contribution is 9.10. The molecule has 1 unspecified atom stereocenters. The third-order valence-electron chi connectivity index (χ3n) is 2.66. The van der Waals surface area contributed by atoms with Gasteiger partial charge in [-0.15, -0.1) is 0 Å². The Labute approximate surface area is 124 Å². The van der Waals surface area contributed by atoms with Crippen molar-refractivity contribution in [3.63, 3.8) is 0 Å². The van der Waals surface area contributed by atoms with Gasteiger partial charge in [-0.1, -0.05) is 15.9 Å². The number of nitrogens with one attached hydrogen (secondary N) is 2. The molecular weight excluding hydrogens is 325 g/mol. The monoisotopic (exact) mass is 337 g/mol. The first kappa shape index (κ1) is 14.5. The molecule has 0 bridgehead atoms. The number of carbonyl (C=O) groups is 1. The molecule has 0 aliphatic rings. The van der Waals surface area contributed by atoms with E-state index in [-0.39, 0.29) is 17.8 Å². The summed E-state index contributed by atoms with van der Waals surface area (Å²) >= 11 is 3.26. The predicted molar refractivity (Wildman–Crippen MR) is 78.3 cm³/mol. The van der Waals surface area contributed by atoms with Crippen LogP contribution in [0, 0.1) is 5.82 Å². The Kier molecular flexibility index (Phi) is 4.68. The Morgan fingerprint density at radius 2 is 2.35 bits per heavy atom. The minimum Gasteiger partial charge on any atom is -0.347 e. The molecule has 0 saturated carbocycles. The van der Waals surface area contributed by atoms with E-state index in [4.69, 9.17) is 0 Å². The fourth-order valence-corrected chi connectivity index (χ4v) is 2.03. The molecule has 0 aliphatic carbocycles. The topological polar surface area (TPSA) is 57.8 Å². The van der Waals surface area contributed by atoms with Gasteiger partial charge in [0.25, 0.3) is 0 Å². The van der Waals surface area contributed by atoms with Crippen molar-refractivity contribution in [1.29, 1.82) is 0 Å². The van der Waals surface area contributed by atoms with Gasteiger partial charge < -0.3 is 10.3 Å². The van der Waals surface area contributed by atoms with Crippen LogP contribution in [0.25, 0.3) is 6.08 Å². The van der Waals surface area contributed by atoms with Gasteiger partial charge >= 0.3 is 0 Å². The van der Waals surface area contributed by atoms with E-state index in [2.05, 4.69) is 31.2 Å². The zero-order chi connectivity index (χ0) is 14.5. The van der Waals surface area contributed by atoms with Crippen LogP contribution in [0.2, 0.25) is 0 Å². The van der Waals surface area contributed by atoms with E-state index in [1.807, 2.05) is 6.92 Å². The average molecular weight is 338 g/mol. The van der Waals surface area contributed by atoms with E-state index in [0.717, 1.165) is 4.47 Å². The second kappa shape index (κ2) is 6.47. The molecule has 2 aromatic rings. The van der Waals surface area contributed by atoms with Crippen LogP contribution in [-0.4, -0.2) is 15.9 Å². The van der Waals surface area contributed by atoms with E-state index < -0.39 is 0 Å². The van der Waals surface area contributed by atoms with Gasteiger partial charge in [-0.3, -0.25) is 4.79 Å². The van der Waals surface area contributed by atoms with Crippen LogP contribution >= 0.6 is 15.9 Å². The SMILES string of the molecule is CC(NC(=O)/C=C/c1cc(Br)ccc1F)c1ncc[nH]1. The van der Waals surface area contributed by atoms with Gasteiger partial charge in [-0.05, 0) is 31.2 Å². The van der Waals surface area contributed by atoms with Gasteiger partial charge in [0.05, 0.1) is 6.04 Å². The standard InChI is InChI=1S/C14H13BrFN3O/c1-9(14-17-6-7-18-14)19-13(20)5-2-10-8-11(15)3-4-12(10)16/h2-9H,1H3,(H,17,18)(H,19,20)/b5-2+. The summed E-state index contributed by atoms with van der Waals surface area (Å²) in [7, 11) is 0. The van der Waals surface area contributed by atoms with Crippen molar-refractivity contribution in [1.82, 2.24) is 15.3 Å². The Bertz CT molecular complexity index is 625. The minimum atomic E-state index is -0.378. The maximum Gasteiger partial charge on any atom is 0.244 e. The van der Waals surface area contributed by atoms with Crippen molar-refractivity contribution >= 4 is 27.9 Å². The number of benzene rings is 1. The van der Waals surface area contributed by atoms with Gasteiger partial charge in [0, 0.05) is 28.5 Å². The minimum absolute atomic E-state index is 0.241. The fourth-order valence-electron chi connectivity index (χ4n) is 1.65. The van der Waals surface area contributed by atoms with Gasteiger partial charge in [-0.2, -0.15) is 0 Å². The third-order valence-corrected chi connectivity index (χ3v) is 3.15. The van der Waals surface area contributed by atoms with Gasteiger partial charge in [0.15, 0.2) is 0 Å². The lowest BCUT2D eigenvalue weighted by Gasteiger charge is -2.09. The van der Waals surface area contributed by atoms with Crippen LogP contribution in [0.4, 0.5) is 4.39 Å². The number of aromatic nitrogens is 2. The number of hydrogen-bond acceptors (Lipinski definition) is 2. The molecule has 1 aromatic heterocycles. The highest BCUT2D eigenvalue weighted by Gasteiger charge is 2.09. The molecule has 2 rings (SSSR count). The molecule has 104 valence electrons. The molecule has 1 atom stereocenters. The molecule has 4 nitrogen and oxygen atoms in total. The summed E-state index contributed by atoms with van der Waals surface area (Å²) in [5.41, 5.74) is 0.347. The van der Waals surface area contributed by atoms with E-state index in [9.17, 15) is 9.18 Å². The molecule has 6 heteroatoms. The molecule has 1 amide bonds. The van der Waals surface area contributed by atoms with Crippen molar-refractivity contribution in [3.8, 4) is 0 Å². The third kappa shape index (κ3) is 3.77. The molecule has 0 fully saturated rings. The molecule has 1 heterocycles. The van der Waals surface area contributed by atoms with Crippen molar-refractivity contribution < 1.29 is 9.18 Å². The summed E-state index contributed by atoms with van der Waals surface area (Å²) in [6.45, 7) is 1.81. The highest BCUT2D eigenvalue weighted by atomic mass is 79.9. The quantitative estimate of drug-likeness (QED) is 0.841. The largest absolute Gasteiger partial charge is 0.347 e. The van der Waals surface area contributed by atoms with E-state index in [1.165, 1.54) is 18.2 Å². The normalized spacial score (nSPS) is 12.6. The number of hydrogen-bond donors (Lipinski definition) is 2. The lowest BCUT2D eigenvalue weighted by molar-refractivity contribution is -0.117. The lowest BCUT2D eigenvalue weighted by atomic mass is 10.2. The molecule has 1 aromatic carbocycles. The Balaban J connectivity index is 2.00. The smallest absolute Gasteiger partial charge is 0.244 e. The van der Waals surface area contributed by atoms with Crippen molar-refractivity contribution in [2.24, 2.45) is 0 Å². The van der Waals surface area contributed by atoms with Crippen LogP contribution in [0.1, 0.15) is 24.4 Å². The fraction of sp³-hybridized carbons (Fsp3) is 0.143. The van der Waals surface area contributed by atoms with Crippen LogP contribution < -0.4 is 5.32 Å². The zero-order valence-electron chi connectivity index (χ0n) is 10.7. The van der Waals surface area contributed by atoms with Crippen LogP contribution in [0.15, 0.2) is 41.1 Å². The maximum atomic E-state index is 13.5. The van der Waals surface area contributed by atoms with Gasteiger partial charge in [-0.25, -0.2) is 9.37 Å². The number of carbonyl (C=O) groups excluding carboxylic acids is 1. The second-order valence-electron chi connectivity index (χ2n) is 4.20. The number of rotatable bonds is 4. The highest BCUT2D eigenvalue weighted by Crippen LogP contribution is 2.16. The number of amides is 1. The number of imidazole rings is 1. The number of H-pyrrole nitrogens is 1. The van der Waals surface area contributed by atoms with Crippen LogP contribution in [0.3, 0.4) is 0 Å². The summed E-state index contributed by atoms with van der Waals surface area (Å²) in [6.07, 6.45) is 6.03. The first-order valence-corrected chi connectivity index (χ1v) is 6.78. The first-order valence-electron chi connectivity index (χ1n) is 5.99. The molecule has 2 N–H and O–H groups in total. The Hall–Kier alpha value is -1.95. The lowest BCUT2D eigenvalue weighted by Crippen LogP contribution is -2.25. The molecule has 20 heavy (non-hydrogen) atoms. The predicted octanol–water partition coefficient (Wildman–Crippen LogP) is 3.20. The summed E-state index contributed by atoms with van der Waals surface area (Å²) < 4.78 is 14.2. The second-order valence-corrected chi connectivity index (χ2v) is 5.12. The number of aromatic amines is 1. The maximum absolute atomic E-state index is 13.5. The van der Waals surface area contributed by atoms with Crippen LogP contribution in [0.5, 0.6) is 0 Å². The number of nitrogens with zero attached hydrogens (tertiary/aromatic N) is 1. The van der Waals surface area contributed by atoms with Crippen LogP contribution in [-0.2, 0) is 4.79 Å². The van der Waals surface area contributed by atoms with Crippen molar-refractivity contribution in [2.75, 3.05) is 0 Å². The number of halogens is 2. The van der Waals surface area contributed by atoms with Crippen molar-refractivity contribution in [3.05, 3.63) is 58.3 Å². The molecule has 0 saturated heterocycles. The summed E-state index contributed by atoms with van der Waals surface area (Å²) in [5.74, 6) is -0.0232. The average Bonchev–Trinajstić information content (AvgIpc) is 2.94. The summed E-state index contributed by atoms with van der Waals surface area (Å²) in [5, 5.41) is 2.73. The molecule has 0 radical (unpaired) electrons. The van der Waals surface area contributed by atoms with E-state index >= 15 is 0 Å². The molecule has 0 spiro atoms. The Morgan fingerprint density at radius 3 is 3.05 bits per heavy atom. The summed E-state index contributed by atoms with van der Waals surface area (Å²) in [4.78, 5) is 18.7. The Morgan fingerprint density at radius 1 is 1.55 bits per heavy atom. The molecule has 0 aliphatic heterocycles. The summed E-state index contributed by atoms with van der Waals surface area (Å²) in [6, 6.07) is 4.31.